The van der Waals surface area contributed by atoms with Gasteiger partial charge in [-0.3, -0.25) is 0 Å². The van der Waals surface area contributed by atoms with Gasteiger partial charge in [0.2, 0.25) is 0 Å². The Labute approximate surface area is 117 Å². The summed E-state index contributed by atoms with van der Waals surface area (Å²) in [6, 6.07) is 8.29. The molecular formula is C14H20BrN3. The Morgan fingerprint density at radius 1 is 1.28 bits per heavy atom. The topological polar surface area (TPSA) is 36.4 Å². The van der Waals surface area contributed by atoms with Gasteiger partial charge in [-0.15, -0.1) is 0 Å². The quantitative estimate of drug-likeness (QED) is 0.648. The Kier molecular flexibility index (Phi) is 5.05. The Hall–Kier alpha value is -1.03. The lowest BCUT2D eigenvalue weighted by molar-refractivity contribution is 0.739. The van der Waals surface area contributed by atoms with Crippen molar-refractivity contribution in [2.45, 2.75) is 26.3 Å². The maximum atomic E-state index is 4.59. The highest BCUT2D eigenvalue weighted by Crippen LogP contribution is 2.27. The predicted molar refractivity (Wildman–Crippen MR) is 79.7 cm³/mol. The van der Waals surface area contributed by atoms with E-state index in [1.165, 1.54) is 18.4 Å². The number of guanidine groups is 1. The molecule has 1 saturated carbocycles. The summed E-state index contributed by atoms with van der Waals surface area (Å²) in [5.41, 5.74) is 1.22. The first kappa shape index (κ1) is 13.4. The van der Waals surface area contributed by atoms with Crippen LogP contribution in [0.25, 0.3) is 0 Å². The summed E-state index contributed by atoms with van der Waals surface area (Å²) < 4.78 is 1.11. The monoisotopic (exact) mass is 309 g/mol. The minimum absolute atomic E-state index is 0.716. The molecule has 1 aromatic rings. The van der Waals surface area contributed by atoms with E-state index < -0.39 is 0 Å². The van der Waals surface area contributed by atoms with Gasteiger partial charge in [0.1, 0.15) is 0 Å². The molecule has 0 unspecified atom stereocenters. The number of hydrogen-bond acceptors (Lipinski definition) is 1. The van der Waals surface area contributed by atoms with Crippen molar-refractivity contribution in [3.63, 3.8) is 0 Å². The van der Waals surface area contributed by atoms with Gasteiger partial charge in [0.25, 0.3) is 0 Å². The second-order valence-electron chi connectivity index (χ2n) is 4.65. The number of halogens is 1. The van der Waals surface area contributed by atoms with Gasteiger partial charge in [-0.1, -0.05) is 28.1 Å². The molecule has 1 aliphatic rings. The number of hydrogen-bond donors (Lipinski definition) is 2. The largest absolute Gasteiger partial charge is 0.357 e. The van der Waals surface area contributed by atoms with Crippen molar-refractivity contribution in [2.24, 2.45) is 10.9 Å². The molecule has 0 saturated heterocycles. The van der Waals surface area contributed by atoms with E-state index >= 15 is 0 Å². The van der Waals surface area contributed by atoms with Gasteiger partial charge in [-0.05, 0) is 43.4 Å². The molecule has 0 bridgehead atoms. The van der Waals surface area contributed by atoms with Gasteiger partial charge in [0.15, 0.2) is 5.96 Å². The van der Waals surface area contributed by atoms with E-state index in [2.05, 4.69) is 62.7 Å². The Morgan fingerprint density at radius 3 is 2.61 bits per heavy atom. The molecule has 1 aliphatic carbocycles. The molecule has 4 heteroatoms. The molecular weight excluding hydrogens is 290 g/mol. The zero-order chi connectivity index (χ0) is 12.8. The van der Waals surface area contributed by atoms with Gasteiger partial charge in [-0.25, -0.2) is 4.99 Å². The molecule has 0 amide bonds. The van der Waals surface area contributed by atoms with Crippen LogP contribution in [0.3, 0.4) is 0 Å². The average molecular weight is 310 g/mol. The molecule has 0 aliphatic heterocycles. The lowest BCUT2D eigenvalue weighted by Gasteiger charge is -2.10. The van der Waals surface area contributed by atoms with Crippen molar-refractivity contribution in [3.8, 4) is 0 Å². The molecule has 2 N–H and O–H groups in total. The number of nitrogens with zero attached hydrogens (tertiary/aromatic N) is 1. The van der Waals surface area contributed by atoms with E-state index in [4.69, 9.17) is 0 Å². The molecule has 0 aromatic heterocycles. The number of nitrogens with one attached hydrogen (secondary N) is 2. The Morgan fingerprint density at radius 2 is 2.00 bits per heavy atom. The first-order valence-corrected chi connectivity index (χ1v) is 7.34. The molecule has 0 heterocycles. The van der Waals surface area contributed by atoms with Crippen LogP contribution < -0.4 is 10.6 Å². The van der Waals surface area contributed by atoms with E-state index in [-0.39, 0.29) is 0 Å². The summed E-state index contributed by atoms with van der Waals surface area (Å²) in [7, 11) is 0. The standard InChI is InChI=1S/C14H20BrN3/c1-2-16-14(17-9-11-3-4-11)18-10-12-5-7-13(15)8-6-12/h5-8,11H,2-4,9-10H2,1H3,(H2,16,17,18). The molecule has 0 atom stereocenters. The molecule has 0 radical (unpaired) electrons. The van der Waals surface area contributed by atoms with Crippen LogP contribution in [0.15, 0.2) is 33.7 Å². The molecule has 0 spiro atoms. The number of rotatable bonds is 5. The van der Waals surface area contributed by atoms with Crippen molar-refractivity contribution in [3.05, 3.63) is 34.3 Å². The van der Waals surface area contributed by atoms with Crippen molar-refractivity contribution < 1.29 is 0 Å². The predicted octanol–water partition coefficient (Wildman–Crippen LogP) is 2.91. The van der Waals surface area contributed by atoms with E-state index in [9.17, 15) is 0 Å². The van der Waals surface area contributed by atoms with Gasteiger partial charge in [-0.2, -0.15) is 0 Å². The second kappa shape index (κ2) is 6.78. The SMILES string of the molecule is CCNC(=NCc1ccc(Br)cc1)NCC1CC1. The third-order valence-corrected chi connectivity index (χ3v) is 3.46. The minimum atomic E-state index is 0.716. The van der Waals surface area contributed by atoms with E-state index in [1.807, 2.05) is 0 Å². The van der Waals surface area contributed by atoms with Gasteiger partial charge < -0.3 is 10.6 Å². The molecule has 3 nitrogen and oxygen atoms in total. The van der Waals surface area contributed by atoms with Crippen molar-refractivity contribution in [1.82, 2.24) is 10.6 Å². The molecule has 2 rings (SSSR count). The first-order valence-electron chi connectivity index (χ1n) is 6.54. The highest BCUT2D eigenvalue weighted by Gasteiger charge is 2.20. The first-order chi connectivity index (χ1) is 8.78. The highest BCUT2D eigenvalue weighted by atomic mass is 79.9. The summed E-state index contributed by atoms with van der Waals surface area (Å²) in [5, 5.41) is 6.67. The van der Waals surface area contributed by atoms with Gasteiger partial charge in [0, 0.05) is 17.6 Å². The number of aliphatic imine (C=N–C) groups is 1. The summed E-state index contributed by atoms with van der Waals surface area (Å²) in [6.45, 7) is 4.75. The van der Waals surface area contributed by atoms with Crippen molar-refractivity contribution in [2.75, 3.05) is 13.1 Å². The normalized spacial score (nSPS) is 15.6. The molecule has 1 fully saturated rings. The summed E-state index contributed by atoms with van der Waals surface area (Å²) in [6.07, 6.45) is 2.72. The maximum absolute atomic E-state index is 4.59. The van der Waals surface area contributed by atoms with Crippen molar-refractivity contribution in [1.29, 1.82) is 0 Å². The maximum Gasteiger partial charge on any atom is 0.191 e. The average Bonchev–Trinajstić information content (AvgIpc) is 3.19. The fraction of sp³-hybridized carbons (Fsp3) is 0.500. The van der Waals surface area contributed by atoms with Crippen LogP contribution in [0.5, 0.6) is 0 Å². The molecule has 18 heavy (non-hydrogen) atoms. The van der Waals surface area contributed by atoms with Gasteiger partial charge >= 0.3 is 0 Å². The summed E-state index contributed by atoms with van der Waals surface area (Å²) in [4.78, 5) is 4.59. The highest BCUT2D eigenvalue weighted by molar-refractivity contribution is 9.10. The van der Waals surface area contributed by atoms with E-state index in [0.29, 0.717) is 6.54 Å². The lowest BCUT2D eigenvalue weighted by atomic mass is 10.2. The van der Waals surface area contributed by atoms with Crippen LogP contribution >= 0.6 is 15.9 Å². The van der Waals surface area contributed by atoms with Crippen LogP contribution in [0.1, 0.15) is 25.3 Å². The smallest absolute Gasteiger partial charge is 0.191 e. The van der Waals surface area contributed by atoms with Crippen LogP contribution in [-0.4, -0.2) is 19.0 Å². The van der Waals surface area contributed by atoms with Crippen LogP contribution in [-0.2, 0) is 6.54 Å². The van der Waals surface area contributed by atoms with Crippen LogP contribution in [0.4, 0.5) is 0 Å². The summed E-state index contributed by atoms with van der Waals surface area (Å²) in [5.74, 6) is 1.79. The van der Waals surface area contributed by atoms with E-state index in [1.54, 1.807) is 0 Å². The third-order valence-electron chi connectivity index (χ3n) is 2.93. The van der Waals surface area contributed by atoms with Gasteiger partial charge in [0.05, 0.1) is 6.54 Å². The fourth-order valence-corrected chi connectivity index (χ4v) is 1.93. The summed E-state index contributed by atoms with van der Waals surface area (Å²) >= 11 is 3.44. The number of benzene rings is 1. The molecule has 98 valence electrons. The third kappa shape index (κ3) is 4.69. The van der Waals surface area contributed by atoms with Crippen molar-refractivity contribution >= 4 is 21.9 Å². The zero-order valence-corrected chi connectivity index (χ0v) is 12.3. The zero-order valence-electron chi connectivity index (χ0n) is 10.7. The second-order valence-corrected chi connectivity index (χ2v) is 5.56. The molecule has 1 aromatic carbocycles. The van der Waals surface area contributed by atoms with E-state index in [0.717, 1.165) is 29.4 Å². The van der Waals surface area contributed by atoms with Crippen LogP contribution in [0, 0.1) is 5.92 Å². The lowest BCUT2D eigenvalue weighted by Crippen LogP contribution is -2.38. The Bertz CT molecular complexity index is 396. The van der Waals surface area contributed by atoms with Crippen LogP contribution in [0.2, 0.25) is 0 Å². The Balaban J connectivity index is 1.87. The fourth-order valence-electron chi connectivity index (χ4n) is 1.66. The minimum Gasteiger partial charge on any atom is -0.357 e.